The number of nitrogens with zero attached hydrogens (tertiary/aromatic N) is 1. The van der Waals surface area contributed by atoms with Crippen molar-refractivity contribution >= 4 is 11.8 Å². The Labute approximate surface area is 86.8 Å². The predicted octanol–water partition coefficient (Wildman–Crippen LogP) is 0.717. The Morgan fingerprint density at radius 1 is 1.60 bits per heavy atom. The van der Waals surface area contributed by atoms with Gasteiger partial charge in [-0.15, -0.1) is 0 Å². The summed E-state index contributed by atoms with van der Waals surface area (Å²) in [6.45, 7) is 0.0476. The molecule has 3 N–H and O–H groups in total. The number of aliphatic hydroxyl groups is 1. The second kappa shape index (κ2) is 3.51. The number of rotatable bonds is 4. The highest BCUT2D eigenvalue weighted by Crippen LogP contribution is 2.37. The third-order valence-corrected chi connectivity index (χ3v) is 2.56. The van der Waals surface area contributed by atoms with Crippen molar-refractivity contribution in [2.24, 2.45) is 0 Å². The Morgan fingerprint density at radius 2 is 2.33 bits per heavy atom. The maximum atomic E-state index is 10.7. The molecule has 15 heavy (non-hydrogen) atoms. The highest BCUT2D eigenvalue weighted by Gasteiger charge is 2.42. The van der Waals surface area contributed by atoms with Gasteiger partial charge in [0.05, 0.1) is 17.7 Å². The lowest BCUT2D eigenvalue weighted by atomic mass is 10.2. The number of aliphatic hydroxyl groups excluding tert-OH is 1. The Balaban J connectivity index is 2.15. The Hall–Kier alpha value is -1.62. The fraction of sp³-hybridized carbons (Fsp3) is 0.400. The molecule has 1 aliphatic carbocycles. The zero-order valence-corrected chi connectivity index (χ0v) is 8.10. The van der Waals surface area contributed by atoms with Crippen molar-refractivity contribution in [3.63, 3.8) is 0 Å². The fourth-order valence-corrected chi connectivity index (χ4v) is 1.38. The number of pyridine rings is 1. The van der Waals surface area contributed by atoms with Crippen LogP contribution in [-0.4, -0.2) is 33.3 Å². The summed E-state index contributed by atoms with van der Waals surface area (Å²) in [6.07, 6.45) is 3.23. The van der Waals surface area contributed by atoms with Gasteiger partial charge in [-0.25, -0.2) is 9.78 Å². The predicted molar refractivity (Wildman–Crippen MR) is 53.9 cm³/mol. The summed E-state index contributed by atoms with van der Waals surface area (Å²) >= 11 is 0. The summed E-state index contributed by atoms with van der Waals surface area (Å²) in [5, 5.41) is 20.9. The number of anilines is 1. The fourth-order valence-electron chi connectivity index (χ4n) is 1.38. The third kappa shape index (κ3) is 2.07. The minimum Gasteiger partial charge on any atom is -0.478 e. The van der Waals surface area contributed by atoms with E-state index in [9.17, 15) is 4.79 Å². The maximum absolute atomic E-state index is 10.7. The Bertz CT molecular complexity index is 388. The molecule has 5 heteroatoms. The molecule has 1 fully saturated rings. The van der Waals surface area contributed by atoms with Crippen molar-refractivity contribution < 1.29 is 15.0 Å². The van der Waals surface area contributed by atoms with Crippen molar-refractivity contribution in [1.82, 2.24) is 4.98 Å². The van der Waals surface area contributed by atoms with E-state index in [0.717, 1.165) is 12.8 Å². The number of carboxylic acids is 1. The van der Waals surface area contributed by atoms with Crippen LogP contribution in [0, 0.1) is 0 Å². The summed E-state index contributed by atoms with van der Waals surface area (Å²) in [7, 11) is 0. The zero-order valence-electron chi connectivity index (χ0n) is 8.10. The average Bonchev–Trinajstić information content (AvgIpc) is 2.99. The van der Waals surface area contributed by atoms with Gasteiger partial charge >= 0.3 is 5.97 Å². The molecule has 1 aromatic rings. The number of carbonyl (C=O) groups is 1. The number of aromatic carboxylic acids is 1. The number of hydrogen-bond donors (Lipinski definition) is 3. The van der Waals surface area contributed by atoms with Gasteiger partial charge in [0, 0.05) is 6.20 Å². The molecule has 0 bridgehead atoms. The van der Waals surface area contributed by atoms with Crippen LogP contribution in [0.2, 0.25) is 0 Å². The van der Waals surface area contributed by atoms with Crippen molar-refractivity contribution in [2.45, 2.75) is 18.4 Å². The van der Waals surface area contributed by atoms with Crippen LogP contribution in [0.25, 0.3) is 0 Å². The highest BCUT2D eigenvalue weighted by atomic mass is 16.4. The number of aromatic nitrogens is 1. The van der Waals surface area contributed by atoms with Crippen LogP contribution >= 0.6 is 0 Å². The molecule has 0 amide bonds. The first-order valence-electron chi connectivity index (χ1n) is 4.74. The lowest BCUT2D eigenvalue weighted by molar-refractivity contribution is 0.0697. The van der Waals surface area contributed by atoms with E-state index in [0.29, 0.717) is 5.82 Å². The Morgan fingerprint density at radius 3 is 2.87 bits per heavy atom. The van der Waals surface area contributed by atoms with Crippen LogP contribution in [0.4, 0.5) is 5.82 Å². The van der Waals surface area contributed by atoms with E-state index in [-0.39, 0.29) is 17.7 Å². The molecule has 2 rings (SSSR count). The van der Waals surface area contributed by atoms with Crippen LogP contribution in [0.15, 0.2) is 18.3 Å². The third-order valence-electron chi connectivity index (χ3n) is 2.56. The molecule has 0 unspecified atom stereocenters. The molecule has 1 aliphatic rings. The van der Waals surface area contributed by atoms with E-state index in [4.69, 9.17) is 10.2 Å². The topological polar surface area (TPSA) is 82.5 Å². The van der Waals surface area contributed by atoms with Gasteiger partial charge in [-0.1, -0.05) is 0 Å². The molecular weight excluding hydrogens is 196 g/mol. The van der Waals surface area contributed by atoms with E-state index >= 15 is 0 Å². The van der Waals surface area contributed by atoms with Gasteiger partial charge < -0.3 is 15.5 Å². The second-order valence-electron chi connectivity index (χ2n) is 3.80. The molecular formula is C10H12N2O3. The van der Waals surface area contributed by atoms with Crippen molar-refractivity contribution in [3.8, 4) is 0 Å². The SMILES string of the molecule is O=C(O)c1ccnc(NC2(CO)CC2)c1. The van der Waals surface area contributed by atoms with E-state index < -0.39 is 5.97 Å². The van der Waals surface area contributed by atoms with Crippen molar-refractivity contribution in [1.29, 1.82) is 0 Å². The first-order valence-corrected chi connectivity index (χ1v) is 4.74. The number of nitrogens with one attached hydrogen (secondary N) is 1. The minimum atomic E-state index is -0.978. The molecule has 0 spiro atoms. The van der Waals surface area contributed by atoms with Gasteiger partial charge in [-0.2, -0.15) is 0 Å². The van der Waals surface area contributed by atoms with Crippen LogP contribution < -0.4 is 5.32 Å². The molecule has 1 aromatic heterocycles. The molecule has 0 aliphatic heterocycles. The standard InChI is InChI=1S/C10H12N2O3/c13-6-10(2-3-10)12-8-5-7(9(14)15)1-4-11-8/h1,4-5,13H,2-3,6H2,(H,11,12)(H,14,15). The van der Waals surface area contributed by atoms with Crippen LogP contribution in [-0.2, 0) is 0 Å². The van der Waals surface area contributed by atoms with E-state index in [1.54, 1.807) is 0 Å². The monoisotopic (exact) mass is 208 g/mol. The first kappa shape index (κ1) is 9.92. The summed E-state index contributed by atoms with van der Waals surface area (Å²) < 4.78 is 0. The first-order chi connectivity index (χ1) is 7.15. The maximum Gasteiger partial charge on any atom is 0.335 e. The molecule has 0 aromatic carbocycles. The summed E-state index contributed by atoms with van der Waals surface area (Å²) in [5.74, 6) is -0.476. The van der Waals surface area contributed by atoms with E-state index in [2.05, 4.69) is 10.3 Å². The van der Waals surface area contributed by atoms with E-state index in [1.807, 2.05) is 0 Å². The largest absolute Gasteiger partial charge is 0.478 e. The molecule has 0 radical (unpaired) electrons. The molecule has 0 atom stereocenters. The average molecular weight is 208 g/mol. The van der Waals surface area contributed by atoms with Gasteiger partial charge in [0.25, 0.3) is 0 Å². The molecule has 0 saturated heterocycles. The normalized spacial score (nSPS) is 17.1. The highest BCUT2D eigenvalue weighted by molar-refractivity contribution is 5.88. The summed E-state index contributed by atoms with van der Waals surface area (Å²) in [4.78, 5) is 14.7. The lowest BCUT2D eigenvalue weighted by Gasteiger charge is -2.14. The van der Waals surface area contributed by atoms with Crippen molar-refractivity contribution in [3.05, 3.63) is 23.9 Å². The number of carboxylic acid groups (broad SMARTS) is 1. The van der Waals surface area contributed by atoms with E-state index in [1.165, 1.54) is 18.3 Å². The van der Waals surface area contributed by atoms with Gasteiger partial charge in [-0.3, -0.25) is 0 Å². The van der Waals surface area contributed by atoms with Crippen LogP contribution in [0.1, 0.15) is 23.2 Å². The minimum absolute atomic E-state index is 0.0476. The van der Waals surface area contributed by atoms with Crippen LogP contribution in [0.3, 0.4) is 0 Å². The molecule has 80 valence electrons. The van der Waals surface area contributed by atoms with Gasteiger partial charge in [0.15, 0.2) is 0 Å². The summed E-state index contributed by atoms with van der Waals surface area (Å²) in [6, 6.07) is 2.91. The lowest BCUT2D eigenvalue weighted by Crippen LogP contribution is -2.26. The molecule has 1 saturated carbocycles. The smallest absolute Gasteiger partial charge is 0.335 e. The molecule has 5 nitrogen and oxygen atoms in total. The second-order valence-corrected chi connectivity index (χ2v) is 3.80. The van der Waals surface area contributed by atoms with Crippen molar-refractivity contribution in [2.75, 3.05) is 11.9 Å². The van der Waals surface area contributed by atoms with Gasteiger partial charge in [-0.05, 0) is 25.0 Å². The van der Waals surface area contributed by atoms with Gasteiger partial charge in [0.1, 0.15) is 5.82 Å². The Kier molecular flexibility index (Phi) is 2.32. The summed E-state index contributed by atoms with van der Waals surface area (Å²) in [5.41, 5.74) is -0.0781. The van der Waals surface area contributed by atoms with Crippen LogP contribution in [0.5, 0.6) is 0 Å². The molecule has 1 heterocycles. The zero-order chi connectivity index (χ0) is 10.9. The number of hydrogen-bond acceptors (Lipinski definition) is 4. The van der Waals surface area contributed by atoms with Gasteiger partial charge in [0.2, 0.25) is 0 Å². The quantitative estimate of drug-likeness (QED) is 0.679.